The van der Waals surface area contributed by atoms with E-state index in [9.17, 15) is 4.79 Å². The summed E-state index contributed by atoms with van der Waals surface area (Å²) in [5, 5.41) is 3.19. The Hall–Kier alpha value is -1.85. The number of nitrogens with zero attached hydrogens (tertiary/aromatic N) is 4. The maximum Gasteiger partial charge on any atom is 0.317 e. The fraction of sp³-hybridized carbons (Fsp3) is 0.688. The molecule has 0 aromatic carbocycles. The van der Waals surface area contributed by atoms with Crippen LogP contribution in [0.2, 0.25) is 0 Å². The molecule has 2 aliphatic rings. The zero-order valence-electron chi connectivity index (χ0n) is 13.2. The smallest absolute Gasteiger partial charge is 0.317 e. The van der Waals surface area contributed by atoms with E-state index in [0.29, 0.717) is 6.04 Å². The highest BCUT2D eigenvalue weighted by Gasteiger charge is 2.27. The Morgan fingerprint density at radius 3 is 2.45 bits per heavy atom. The third kappa shape index (κ3) is 3.48. The van der Waals surface area contributed by atoms with Crippen molar-refractivity contribution in [3.8, 4) is 0 Å². The first-order valence-corrected chi connectivity index (χ1v) is 8.29. The van der Waals surface area contributed by atoms with Crippen LogP contribution in [0.25, 0.3) is 0 Å². The lowest BCUT2D eigenvalue weighted by Crippen LogP contribution is -2.50. The van der Waals surface area contributed by atoms with E-state index < -0.39 is 0 Å². The van der Waals surface area contributed by atoms with Gasteiger partial charge in [0.25, 0.3) is 0 Å². The lowest BCUT2D eigenvalue weighted by Gasteiger charge is -2.34. The summed E-state index contributed by atoms with van der Waals surface area (Å²) in [4.78, 5) is 25.0. The van der Waals surface area contributed by atoms with Crippen LogP contribution in [0.5, 0.6) is 0 Å². The van der Waals surface area contributed by atoms with Crippen molar-refractivity contribution in [1.82, 2.24) is 20.2 Å². The lowest BCUT2D eigenvalue weighted by atomic mass is 10.1. The minimum Gasteiger partial charge on any atom is -0.341 e. The number of urea groups is 1. The molecule has 120 valence electrons. The predicted molar refractivity (Wildman–Crippen MR) is 85.8 cm³/mol. The first-order valence-electron chi connectivity index (χ1n) is 8.29. The van der Waals surface area contributed by atoms with Gasteiger partial charge in [0.05, 0.1) is 0 Å². The van der Waals surface area contributed by atoms with Gasteiger partial charge in [0.2, 0.25) is 5.95 Å². The number of carbonyl (C=O) groups excluding carboxylic acids is 1. The van der Waals surface area contributed by atoms with Crippen molar-refractivity contribution < 1.29 is 4.79 Å². The van der Waals surface area contributed by atoms with Crippen LogP contribution in [0.3, 0.4) is 0 Å². The molecule has 3 rings (SSSR count). The quantitative estimate of drug-likeness (QED) is 0.928. The molecule has 0 radical (unpaired) electrons. The number of carbonyl (C=O) groups is 1. The standard InChI is InChI=1S/C16H25N5O/c1-20(14-5-2-3-6-14)16(22)19-13-7-11-21(12-8-13)15-17-9-4-10-18-15/h4,9-10,13-14H,2-3,5-8,11-12H2,1H3,(H,19,22). The summed E-state index contributed by atoms with van der Waals surface area (Å²) >= 11 is 0. The minimum absolute atomic E-state index is 0.0845. The van der Waals surface area contributed by atoms with E-state index in [-0.39, 0.29) is 12.1 Å². The van der Waals surface area contributed by atoms with Crippen LogP contribution in [0.1, 0.15) is 38.5 Å². The SMILES string of the molecule is CN(C(=O)NC1CCN(c2ncccn2)CC1)C1CCCC1. The number of hydrogen-bond acceptors (Lipinski definition) is 4. The summed E-state index contributed by atoms with van der Waals surface area (Å²) in [5.74, 6) is 0.787. The molecular formula is C16H25N5O. The zero-order chi connectivity index (χ0) is 15.4. The van der Waals surface area contributed by atoms with Crippen molar-refractivity contribution in [3.63, 3.8) is 0 Å². The maximum absolute atomic E-state index is 12.3. The molecule has 1 saturated carbocycles. The molecule has 6 nitrogen and oxygen atoms in total. The summed E-state index contributed by atoms with van der Waals surface area (Å²) in [6.45, 7) is 1.78. The van der Waals surface area contributed by atoms with Crippen LogP contribution in [0, 0.1) is 0 Å². The molecule has 22 heavy (non-hydrogen) atoms. The number of hydrogen-bond donors (Lipinski definition) is 1. The average molecular weight is 303 g/mol. The molecule has 2 amide bonds. The second kappa shape index (κ2) is 6.94. The Morgan fingerprint density at radius 2 is 1.82 bits per heavy atom. The van der Waals surface area contributed by atoms with Crippen molar-refractivity contribution in [1.29, 1.82) is 0 Å². The van der Waals surface area contributed by atoms with E-state index in [2.05, 4.69) is 20.2 Å². The van der Waals surface area contributed by atoms with Crippen LogP contribution in [0.15, 0.2) is 18.5 Å². The largest absolute Gasteiger partial charge is 0.341 e. The fourth-order valence-corrected chi connectivity index (χ4v) is 3.41. The van der Waals surface area contributed by atoms with Gasteiger partial charge in [0, 0.05) is 44.6 Å². The number of nitrogens with one attached hydrogen (secondary N) is 1. The third-order valence-electron chi connectivity index (χ3n) is 4.85. The Bertz CT molecular complexity index is 481. The van der Waals surface area contributed by atoms with Gasteiger partial charge >= 0.3 is 6.03 Å². The molecule has 6 heteroatoms. The van der Waals surface area contributed by atoms with Crippen molar-refractivity contribution in [2.75, 3.05) is 25.0 Å². The van der Waals surface area contributed by atoms with Gasteiger partial charge in [-0.3, -0.25) is 0 Å². The molecule has 1 aliphatic carbocycles. The molecule has 1 N–H and O–H groups in total. The number of rotatable bonds is 3. The number of piperidine rings is 1. The number of anilines is 1. The Kier molecular flexibility index (Phi) is 4.75. The second-order valence-electron chi connectivity index (χ2n) is 6.31. The summed E-state index contributed by atoms with van der Waals surface area (Å²) in [6, 6.07) is 2.60. The topological polar surface area (TPSA) is 61.4 Å². The highest BCUT2D eigenvalue weighted by molar-refractivity contribution is 5.74. The van der Waals surface area contributed by atoms with Crippen molar-refractivity contribution >= 4 is 12.0 Å². The molecule has 1 aromatic rings. The van der Waals surface area contributed by atoms with E-state index in [1.807, 2.05) is 18.0 Å². The monoisotopic (exact) mass is 303 g/mol. The Morgan fingerprint density at radius 1 is 1.18 bits per heavy atom. The maximum atomic E-state index is 12.3. The van der Waals surface area contributed by atoms with Crippen molar-refractivity contribution in [2.24, 2.45) is 0 Å². The molecule has 0 atom stereocenters. The normalized spacial score (nSPS) is 20.1. The molecule has 0 spiro atoms. The first-order chi connectivity index (χ1) is 10.7. The molecule has 0 unspecified atom stereocenters. The summed E-state index contributed by atoms with van der Waals surface area (Å²) in [6.07, 6.45) is 10.2. The second-order valence-corrected chi connectivity index (χ2v) is 6.31. The van der Waals surface area contributed by atoms with Gasteiger partial charge in [0.1, 0.15) is 0 Å². The highest BCUT2D eigenvalue weighted by Crippen LogP contribution is 2.22. The van der Waals surface area contributed by atoms with E-state index in [1.54, 1.807) is 12.4 Å². The van der Waals surface area contributed by atoms with E-state index in [1.165, 1.54) is 12.8 Å². The molecule has 1 aromatic heterocycles. The summed E-state index contributed by atoms with van der Waals surface area (Å²) in [5.41, 5.74) is 0. The number of aromatic nitrogens is 2. The molecule has 2 heterocycles. The first kappa shape index (κ1) is 15.1. The summed E-state index contributed by atoms with van der Waals surface area (Å²) < 4.78 is 0. The predicted octanol–water partition coefficient (Wildman–Crippen LogP) is 2.03. The van der Waals surface area contributed by atoms with Gasteiger partial charge in [-0.05, 0) is 31.7 Å². The van der Waals surface area contributed by atoms with E-state index in [0.717, 1.165) is 44.7 Å². The van der Waals surface area contributed by atoms with Gasteiger partial charge in [-0.15, -0.1) is 0 Å². The fourth-order valence-electron chi connectivity index (χ4n) is 3.41. The van der Waals surface area contributed by atoms with Gasteiger partial charge < -0.3 is 15.1 Å². The van der Waals surface area contributed by atoms with Crippen LogP contribution < -0.4 is 10.2 Å². The highest BCUT2D eigenvalue weighted by atomic mass is 16.2. The lowest BCUT2D eigenvalue weighted by molar-refractivity contribution is 0.184. The molecule has 2 fully saturated rings. The minimum atomic E-state index is 0.0845. The average Bonchev–Trinajstić information content (AvgIpc) is 3.10. The van der Waals surface area contributed by atoms with Crippen LogP contribution in [-0.4, -0.2) is 53.1 Å². The van der Waals surface area contributed by atoms with Crippen LogP contribution in [-0.2, 0) is 0 Å². The third-order valence-corrected chi connectivity index (χ3v) is 4.85. The van der Waals surface area contributed by atoms with Gasteiger partial charge in [-0.25, -0.2) is 14.8 Å². The molecule has 1 saturated heterocycles. The Labute approximate surface area is 131 Å². The number of amides is 2. The van der Waals surface area contributed by atoms with Crippen LogP contribution in [0.4, 0.5) is 10.7 Å². The van der Waals surface area contributed by atoms with Gasteiger partial charge in [0.15, 0.2) is 0 Å². The van der Waals surface area contributed by atoms with E-state index >= 15 is 0 Å². The van der Waals surface area contributed by atoms with Gasteiger partial charge in [-0.1, -0.05) is 12.8 Å². The zero-order valence-corrected chi connectivity index (χ0v) is 13.2. The molecular weight excluding hydrogens is 278 g/mol. The molecule has 0 bridgehead atoms. The van der Waals surface area contributed by atoms with Gasteiger partial charge in [-0.2, -0.15) is 0 Å². The van der Waals surface area contributed by atoms with Crippen molar-refractivity contribution in [2.45, 2.75) is 50.6 Å². The summed E-state index contributed by atoms with van der Waals surface area (Å²) in [7, 11) is 1.93. The van der Waals surface area contributed by atoms with Crippen molar-refractivity contribution in [3.05, 3.63) is 18.5 Å². The van der Waals surface area contributed by atoms with E-state index in [4.69, 9.17) is 0 Å². The Balaban J connectivity index is 1.46. The van der Waals surface area contributed by atoms with Crippen LogP contribution >= 0.6 is 0 Å². The molecule has 1 aliphatic heterocycles.